The van der Waals surface area contributed by atoms with E-state index in [0.29, 0.717) is 6.54 Å². The highest BCUT2D eigenvalue weighted by atomic mass is 15.0. The highest BCUT2D eigenvalue weighted by Gasteiger charge is 2.16. The molecule has 0 radical (unpaired) electrons. The minimum Gasteiger partial charge on any atom is -0.329 e. The highest BCUT2D eigenvalue weighted by Crippen LogP contribution is 2.24. The van der Waals surface area contributed by atoms with E-state index in [1.807, 2.05) is 0 Å². The van der Waals surface area contributed by atoms with Crippen LogP contribution in [0.15, 0.2) is 18.2 Å². The molecule has 0 aliphatic heterocycles. The monoisotopic (exact) mass is 262 g/mol. The van der Waals surface area contributed by atoms with Gasteiger partial charge in [-0.2, -0.15) is 0 Å². The lowest BCUT2D eigenvalue weighted by Gasteiger charge is -2.25. The summed E-state index contributed by atoms with van der Waals surface area (Å²) in [4.78, 5) is 0. The molecule has 0 aromatic heterocycles. The Morgan fingerprint density at radius 3 is 2.26 bits per heavy atom. The molecule has 0 spiro atoms. The van der Waals surface area contributed by atoms with Crippen LogP contribution in [-0.2, 0) is 11.8 Å². The number of aryl methyl sites for hydroxylation is 1. The zero-order chi connectivity index (χ0) is 14.7. The Hall–Kier alpha value is -0.860. The standard InChI is InChI=1S/C17H30N2/c1-13-7-8-15(16(2,3)4)11-14(13)9-10-19-17(5,6)12-18/h7-8,11,19H,9-10,12,18H2,1-6H3. The summed E-state index contributed by atoms with van der Waals surface area (Å²) in [5.74, 6) is 0. The first-order valence-electron chi connectivity index (χ1n) is 7.21. The third-order valence-electron chi connectivity index (χ3n) is 3.72. The van der Waals surface area contributed by atoms with Crippen LogP contribution in [0.2, 0.25) is 0 Å². The van der Waals surface area contributed by atoms with Gasteiger partial charge in [-0.3, -0.25) is 0 Å². The lowest BCUT2D eigenvalue weighted by molar-refractivity contribution is 0.401. The largest absolute Gasteiger partial charge is 0.329 e. The van der Waals surface area contributed by atoms with Gasteiger partial charge in [-0.05, 0) is 55.8 Å². The van der Waals surface area contributed by atoms with Gasteiger partial charge in [-0.1, -0.05) is 39.0 Å². The molecule has 2 nitrogen and oxygen atoms in total. The van der Waals surface area contributed by atoms with Crippen molar-refractivity contribution in [2.45, 2.75) is 58.9 Å². The number of nitrogens with two attached hydrogens (primary N) is 1. The summed E-state index contributed by atoms with van der Waals surface area (Å²) in [5.41, 5.74) is 10.2. The first kappa shape index (κ1) is 16.2. The molecule has 0 amide bonds. The van der Waals surface area contributed by atoms with Gasteiger partial charge < -0.3 is 11.1 Å². The summed E-state index contributed by atoms with van der Waals surface area (Å²) in [6.45, 7) is 14.9. The molecule has 0 aliphatic carbocycles. The topological polar surface area (TPSA) is 38.0 Å². The third-order valence-corrected chi connectivity index (χ3v) is 3.72. The van der Waals surface area contributed by atoms with E-state index in [0.717, 1.165) is 13.0 Å². The Balaban J connectivity index is 2.73. The van der Waals surface area contributed by atoms with Gasteiger partial charge in [0, 0.05) is 12.1 Å². The molecule has 0 heterocycles. The maximum Gasteiger partial charge on any atom is 0.0247 e. The van der Waals surface area contributed by atoms with Gasteiger partial charge in [0.15, 0.2) is 0 Å². The lowest BCUT2D eigenvalue weighted by atomic mass is 9.85. The van der Waals surface area contributed by atoms with Crippen molar-refractivity contribution in [3.8, 4) is 0 Å². The molecular weight excluding hydrogens is 232 g/mol. The number of hydrogen-bond donors (Lipinski definition) is 2. The maximum atomic E-state index is 5.73. The van der Waals surface area contributed by atoms with Crippen molar-refractivity contribution in [3.63, 3.8) is 0 Å². The summed E-state index contributed by atoms with van der Waals surface area (Å²) >= 11 is 0. The van der Waals surface area contributed by atoms with Gasteiger partial charge in [0.05, 0.1) is 0 Å². The molecule has 0 unspecified atom stereocenters. The number of benzene rings is 1. The predicted octanol–water partition coefficient (Wildman–Crippen LogP) is 3.16. The molecule has 0 bridgehead atoms. The molecule has 2 heteroatoms. The van der Waals surface area contributed by atoms with Crippen molar-refractivity contribution in [2.24, 2.45) is 5.73 Å². The Bertz CT molecular complexity index is 414. The Morgan fingerprint density at radius 1 is 1.11 bits per heavy atom. The van der Waals surface area contributed by atoms with Crippen LogP contribution in [0.25, 0.3) is 0 Å². The molecule has 0 saturated heterocycles. The van der Waals surface area contributed by atoms with Gasteiger partial charge in [0.1, 0.15) is 0 Å². The van der Waals surface area contributed by atoms with E-state index in [4.69, 9.17) is 5.73 Å². The summed E-state index contributed by atoms with van der Waals surface area (Å²) in [5, 5.41) is 3.52. The zero-order valence-electron chi connectivity index (χ0n) is 13.4. The molecule has 0 fully saturated rings. The highest BCUT2D eigenvalue weighted by molar-refractivity contribution is 5.34. The van der Waals surface area contributed by atoms with E-state index in [1.165, 1.54) is 16.7 Å². The van der Waals surface area contributed by atoms with Crippen LogP contribution in [-0.4, -0.2) is 18.6 Å². The van der Waals surface area contributed by atoms with Gasteiger partial charge in [0.25, 0.3) is 0 Å². The van der Waals surface area contributed by atoms with Gasteiger partial charge in [-0.15, -0.1) is 0 Å². The van der Waals surface area contributed by atoms with E-state index in [-0.39, 0.29) is 11.0 Å². The molecular formula is C17H30N2. The Kier molecular flexibility index (Phi) is 5.17. The first-order valence-corrected chi connectivity index (χ1v) is 7.21. The number of hydrogen-bond acceptors (Lipinski definition) is 2. The SMILES string of the molecule is Cc1ccc(C(C)(C)C)cc1CCNC(C)(C)CN. The zero-order valence-corrected chi connectivity index (χ0v) is 13.4. The predicted molar refractivity (Wildman–Crippen MR) is 84.7 cm³/mol. The number of nitrogens with one attached hydrogen (secondary N) is 1. The summed E-state index contributed by atoms with van der Waals surface area (Å²) in [6, 6.07) is 6.84. The fourth-order valence-electron chi connectivity index (χ4n) is 2.02. The Morgan fingerprint density at radius 2 is 1.74 bits per heavy atom. The molecule has 3 N–H and O–H groups in total. The summed E-state index contributed by atoms with van der Waals surface area (Å²) in [7, 11) is 0. The van der Waals surface area contributed by atoms with Crippen LogP contribution < -0.4 is 11.1 Å². The normalized spacial score (nSPS) is 12.8. The van der Waals surface area contributed by atoms with E-state index >= 15 is 0 Å². The van der Waals surface area contributed by atoms with E-state index < -0.39 is 0 Å². The Labute approximate surface area is 118 Å². The van der Waals surface area contributed by atoms with Gasteiger partial charge in [0.2, 0.25) is 0 Å². The summed E-state index contributed by atoms with van der Waals surface area (Å²) < 4.78 is 0. The average Bonchev–Trinajstić information content (AvgIpc) is 2.30. The quantitative estimate of drug-likeness (QED) is 0.855. The maximum absolute atomic E-state index is 5.73. The summed E-state index contributed by atoms with van der Waals surface area (Å²) in [6.07, 6.45) is 1.05. The smallest absolute Gasteiger partial charge is 0.0247 e. The van der Waals surface area contributed by atoms with Crippen LogP contribution in [0, 0.1) is 6.92 Å². The van der Waals surface area contributed by atoms with E-state index in [1.54, 1.807) is 0 Å². The molecule has 1 aromatic carbocycles. The van der Waals surface area contributed by atoms with Gasteiger partial charge in [-0.25, -0.2) is 0 Å². The second kappa shape index (κ2) is 6.06. The first-order chi connectivity index (χ1) is 8.65. The van der Waals surface area contributed by atoms with Crippen LogP contribution >= 0.6 is 0 Å². The van der Waals surface area contributed by atoms with Crippen molar-refractivity contribution < 1.29 is 0 Å². The molecule has 0 saturated carbocycles. The van der Waals surface area contributed by atoms with Crippen LogP contribution in [0.3, 0.4) is 0 Å². The number of rotatable bonds is 5. The van der Waals surface area contributed by atoms with Crippen molar-refractivity contribution in [1.82, 2.24) is 5.32 Å². The van der Waals surface area contributed by atoms with Crippen molar-refractivity contribution in [1.29, 1.82) is 0 Å². The molecule has 0 atom stereocenters. The average molecular weight is 262 g/mol. The molecule has 108 valence electrons. The third kappa shape index (κ3) is 4.96. The minimum atomic E-state index is 0.0234. The second-order valence-corrected chi connectivity index (χ2v) is 7.16. The van der Waals surface area contributed by atoms with Crippen molar-refractivity contribution in [3.05, 3.63) is 34.9 Å². The van der Waals surface area contributed by atoms with E-state index in [2.05, 4.69) is 65.1 Å². The molecule has 1 rings (SSSR count). The second-order valence-electron chi connectivity index (χ2n) is 7.16. The van der Waals surface area contributed by atoms with Crippen LogP contribution in [0.4, 0.5) is 0 Å². The van der Waals surface area contributed by atoms with E-state index in [9.17, 15) is 0 Å². The molecule has 0 aliphatic rings. The molecule has 19 heavy (non-hydrogen) atoms. The van der Waals surface area contributed by atoms with Crippen LogP contribution in [0.5, 0.6) is 0 Å². The van der Waals surface area contributed by atoms with Crippen LogP contribution in [0.1, 0.15) is 51.3 Å². The van der Waals surface area contributed by atoms with Crippen molar-refractivity contribution >= 4 is 0 Å². The minimum absolute atomic E-state index is 0.0234. The van der Waals surface area contributed by atoms with Gasteiger partial charge >= 0.3 is 0 Å². The fourth-order valence-corrected chi connectivity index (χ4v) is 2.02. The fraction of sp³-hybridized carbons (Fsp3) is 0.647. The lowest BCUT2D eigenvalue weighted by Crippen LogP contribution is -2.46. The van der Waals surface area contributed by atoms with Crippen molar-refractivity contribution in [2.75, 3.05) is 13.1 Å². The molecule has 1 aromatic rings.